The van der Waals surface area contributed by atoms with Gasteiger partial charge in [0, 0.05) is 31.8 Å². The summed E-state index contributed by atoms with van der Waals surface area (Å²) in [5.41, 5.74) is 4.90. The number of nitrogens with zero attached hydrogens (tertiary/aromatic N) is 4. The van der Waals surface area contributed by atoms with Crippen molar-refractivity contribution in [1.29, 1.82) is 0 Å². The van der Waals surface area contributed by atoms with Crippen molar-refractivity contribution in [1.82, 2.24) is 30.3 Å². The fourth-order valence-electron chi connectivity index (χ4n) is 3.51. The summed E-state index contributed by atoms with van der Waals surface area (Å²) >= 11 is 0. The van der Waals surface area contributed by atoms with Gasteiger partial charge in [-0.05, 0) is 37.1 Å². The Balaban J connectivity index is 1.61. The normalized spacial score (nSPS) is 16.7. The number of carbonyl (C=O) groups excluding carboxylic acids is 1. The first kappa shape index (κ1) is 21.9. The van der Waals surface area contributed by atoms with E-state index in [1.807, 2.05) is 28.8 Å². The zero-order valence-corrected chi connectivity index (χ0v) is 18.1. The van der Waals surface area contributed by atoms with Crippen LogP contribution in [-0.2, 0) is 16.1 Å². The van der Waals surface area contributed by atoms with E-state index >= 15 is 0 Å². The molecule has 1 atom stereocenters. The van der Waals surface area contributed by atoms with E-state index in [-0.39, 0.29) is 12.1 Å². The molecule has 10 heteroatoms. The number of imidazole rings is 1. The molecule has 1 aromatic carbocycles. The monoisotopic (exact) mass is 437 g/mol. The number of amides is 1. The Bertz CT molecular complexity index is 1120. The lowest BCUT2D eigenvalue weighted by Gasteiger charge is -2.23. The summed E-state index contributed by atoms with van der Waals surface area (Å²) in [6, 6.07) is 7.93. The largest absolute Gasteiger partial charge is 0.368 e. The minimum Gasteiger partial charge on any atom is -0.368 e. The van der Waals surface area contributed by atoms with E-state index in [9.17, 15) is 4.79 Å². The van der Waals surface area contributed by atoms with Crippen molar-refractivity contribution >= 4 is 29.0 Å². The molecular formula is C22H27N7O3. The lowest BCUT2D eigenvalue weighted by atomic mass is 10.1. The lowest BCUT2D eigenvalue weighted by Crippen LogP contribution is -2.34. The van der Waals surface area contributed by atoms with Gasteiger partial charge in [0.05, 0.1) is 12.9 Å². The van der Waals surface area contributed by atoms with Gasteiger partial charge >= 0.3 is 0 Å². The van der Waals surface area contributed by atoms with Gasteiger partial charge in [-0.1, -0.05) is 18.2 Å². The van der Waals surface area contributed by atoms with Crippen molar-refractivity contribution in [3.63, 3.8) is 0 Å². The predicted molar refractivity (Wildman–Crippen MR) is 120 cm³/mol. The summed E-state index contributed by atoms with van der Waals surface area (Å²) in [5.74, 6) is 0.699. The number of hydrogen-bond donors (Lipinski definition) is 4. The Hall–Kier alpha value is -3.34. The summed E-state index contributed by atoms with van der Waals surface area (Å²) in [7, 11) is 0. The van der Waals surface area contributed by atoms with Gasteiger partial charge in [0.25, 0.3) is 5.91 Å². The number of nitrogens with one attached hydrogen (secondary N) is 3. The molecule has 0 radical (unpaired) electrons. The number of morpholine rings is 1. The highest BCUT2D eigenvalue weighted by Crippen LogP contribution is 2.26. The van der Waals surface area contributed by atoms with E-state index in [1.165, 1.54) is 6.08 Å². The van der Waals surface area contributed by atoms with Gasteiger partial charge in [0.2, 0.25) is 0 Å². The van der Waals surface area contributed by atoms with Crippen molar-refractivity contribution in [2.75, 3.05) is 25.0 Å². The second-order valence-corrected chi connectivity index (χ2v) is 7.82. The third-order valence-corrected chi connectivity index (χ3v) is 5.16. The standard InChI is InChI=1S/C22H27N7O3/c1-14(2)29-13-25-19-21(26-20(27-22(19)29)17-12-23-8-9-32-17)24-11-16-5-3-4-15(10-16)6-7-18(30)28-31/h3-7,10,13-14,17,23,31H,8-9,11-12H2,1-2H3,(H,28,30)(H,24,26,27)/b7-6+. The molecule has 1 aliphatic heterocycles. The maximum atomic E-state index is 11.2. The minimum atomic E-state index is -0.579. The number of ether oxygens (including phenoxy) is 1. The van der Waals surface area contributed by atoms with Crippen molar-refractivity contribution in [2.45, 2.75) is 32.5 Å². The Morgan fingerprint density at radius 3 is 3.03 bits per heavy atom. The minimum absolute atomic E-state index is 0.209. The Labute approximate surface area is 185 Å². The van der Waals surface area contributed by atoms with Crippen LogP contribution in [0.15, 0.2) is 36.7 Å². The quantitative estimate of drug-likeness (QED) is 0.252. The molecule has 2 aromatic heterocycles. The molecule has 32 heavy (non-hydrogen) atoms. The van der Waals surface area contributed by atoms with Crippen LogP contribution in [0.5, 0.6) is 0 Å². The number of rotatable bonds is 7. The summed E-state index contributed by atoms with van der Waals surface area (Å²) in [6.45, 7) is 6.79. The molecule has 1 saturated heterocycles. The third kappa shape index (κ3) is 4.93. The van der Waals surface area contributed by atoms with Crippen molar-refractivity contribution in [2.24, 2.45) is 0 Å². The SMILES string of the molecule is CC(C)n1cnc2c(NCc3cccc(/C=C/C(=O)NO)c3)nc(C3CNCCO3)nc21. The number of fused-ring (bicyclic) bond motifs is 1. The van der Waals surface area contributed by atoms with Gasteiger partial charge in [-0.25, -0.2) is 20.4 Å². The van der Waals surface area contributed by atoms with Gasteiger partial charge in [-0.3, -0.25) is 10.0 Å². The molecule has 1 fully saturated rings. The van der Waals surface area contributed by atoms with E-state index in [2.05, 4.69) is 29.5 Å². The summed E-state index contributed by atoms with van der Waals surface area (Å²) in [4.78, 5) is 25.3. The summed E-state index contributed by atoms with van der Waals surface area (Å²) in [5, 5.41) is 15.3. The van der Waals surface area contributed by atoms with Crippen LogP contribution in [0.3, 0.4) is 0 Å². The molecule has 0 spiro atoms. The van der Waals surface area contributed by atoms with Gasteiger partial charge < -0.3 is 19.9 Å². The molecule has 0 bridgehead atoms. The molecule has 1 unspecified atom stereocenters. The molecule has 1 aliphatic rings. The average Bonchev–Trinajstić information content (AvgIpc) is 3.26. The van der Waals surface area contributed by atoms with Crippen LogP contribution in [0, 0.1) is 0 Å². The van der Waals surface area contributed by atoms with Gasteiger partial charge in [0.15, 0.2) is 17.3 Å². The van der Waals surface area contributed by atoms with Crippen LogP contribution < -0.4 is 16.1 Å². The number of hydroxylamine groups is 1. The number of hydrogen-bond acceptors (Lipinski definition) is 8. The first-order chi connectivity index (χ1) is 15.5. The molecule has 3 heterocycles. The number of benzene rings is 1. The van der Waals surface area contributed by atoms with E-state index in [4.69, 9.17) is 19.9 Å². The van der Waals surface area contributed by atoms with Crippen LogP contribution in [0.1, 0.15) is 42.9 Å². The Kier molecular flexibility index (Phi) is 6.74. The first-order valence-corrected chi connectivity index (χ1v) is 10.6. The highest BCUT2D eigenvalue weighted by molar-refractivity contribution is 5.90. The van der Waals surface area contributed by atoms with Crippen molar-refractivity contribution in [3.8, 4) is 0 Å². The van der Waals surface area contributed by atoms with Gasteiger partial charge in [-0.2, -0.15) is 0 Å². The van der Waals surface area contributed by atoms with Gasteiger partial charge in [-0.15, -0.1) is 0 Å². The maximum absolute atomic E-state index is 11.2. The summed E-state index contributed by atoms with van der Waals surface area (Å²) in [6.07, 6.45) is 4.48. The Morgan fingerprint density at radius 2 is 2.28 bits per heavy atom. The van der Waals surface area contributed by atoms with Crippen LogP contribution in [0.4, 0.5) is 5.82 Å². The fraction of sp³-hybridized carbons (Fsp3) is 0.364. The van der Waals surface area contributed by atoms with E-state index in [1.54, 1.807) is 17.9 Å². The average molecular weight is 438 g/mol. The van der Waals surface area contributed by atoms with Crippen LogP contribution >= 0.6 is 0 Å². The molecule has 168 valence electrons. The summed E-state index contributed by atoms with van der Waals surface area (Å²) < 4.78 is 7.90. The van der Waals surface area contributed by atoms with E-state index in [0.29, 0.717) is 36.9 Å². The number of aromatic nitrogens is 4. The molecular weight excluding hydrogens is 410 g/mol. The highest BCUT2D eigenvalue weighted by Gasteiger charge is 2.22. The van der Waals surface area contributed by atoms with Crippen LogP contribution in [0.2, 0.25) is 0 Å². The second kappa shape index (κ2) is 9.86. The van der Waals surface area contributed by atoms with Crippen molar-refractivity contribution < 1.29 is 14.7 Å². The first-order valence-electron chi connectivity index (χ1n) is 10.6. The fourth-order valence-corrected chi connectivity index (χ4v) is 3.51. The third-order valence-electron chi connectivity index (χ3n) is 5.16. The second-order valence-electron chi connectivity index (χ2n) is 7.82. The number of carbonyl (C=O) groups is 1. The number of anilines is 1. The smallest absolute Gasteiger partial charge is 0.267 e. The molecule has 10 nitrogen and oxygen atoms in total. The predicted octanol–water partition coefficient (Wildman–Crippen LogP) is 2.20. The molecule has 4 N–H and O–H groups in total. The van der Waals surface area contributed by atoms with E-state index < -0.39 is 5.91 Å². The molecule has 0 saturated carbocycles. The lowest BCUT2D eigenvalue weighted by molar-refractivity contribution is -0.124. The van der Waals surface area contributed by atoms with E-state index in [0.717, 1.165) is 23.3 Å². The van der Waals surface area contributed by atoms with Crippen LogP contribution in [0.25, 0.3) is 17.2 Å². The van der Waals surface area contributed by atoms with Crippen LogP contribution in [-0.4, -0.2) is 50.3 Å². The van der Waals surface area contributed by atoms with Crippen molar-refractivity contribution in [3.05, 3.63) is 53.6 Å². The Morgan fingerprint density at radius 1 is 1.41 bits per heavy atom. The molecule has 4 rings (SSSR count). The molecule has 0 aliphatic carbocycles. The maximum Gasteiger partial charge on any atom is 0.267 e. The zero-order chi connectivity index (χ0) is 22.5. The zero-order valence-electron chi connectivity index (χ0n) is 18.1. The molecule has 1 amide bonds. The van der Waals surface area contributed by atoms with Gasteiger partial charge in [0.1, 0.15) is 11.6 Å². The molecule has 3 aromatic rings. The topological polar surface area (TPSA) is 126 Å². The highest BCUT2D eigenvalue weighted by atomic mass is 16.5.